The van der Waals surface area contributed by atoms with Crippen molar-refractivity contribution in [1.29, 1.82) is 0 Å². The van der Waals surface area contributed by atoms with Gasteiger partial charge in [0.25, 0.3) is 0 Å². The van der Waals surface area contributed by atoms with Gasteiger partial charge in [-0.3, -0.25) is 0 Å². The first-order chi connectivity index (χ1) is 6.33. The zero-order chi connectivity index (χ0) is 9.26. The number of ether oxygens (including phenoxy) is 1. The van der Waals surface area contributed by atoms with Crippen LogP contribution in [0, 0.1) is 5.92 Å². The van der Waals surface area contributed by atoms with Crippen molar-refractivity contribution in [3.05, 3.63) is 47.8 Å². The highest BCUT2D eigenvalue weighted by molar-refractivity contribution is 5.37. The van der Waals surface area contributed by atoms with Gasteiger partial charge in [-0.25, -0.2) is 0 Å². The van der Waals surface area contributed by atoms with Gasteiger partial charge < -0.3 is 4.74 Å². The van der Waals surface area contributed by atoms with Crippen molar-refractivity contribution in [2.75, 3.05) is 0 Å². The van der Waals surface area contributed by atoms with Crippen LogP contribution in [0.2, 0.25) is 0 Å². The third-order valence-corrected chi connectivity index (χ3v) is 2.51. The number of fused-ring (bicyclic) bond motifs is 1. The van der Waals surface area contributed by atoms with Crippen molar-refractivity contribution in [1.82, 2.24) is 0 Å². The molecular formula is C12H14O. The highest BCUT2D eigenvalue weighted by Crippen LogP contribution is 2.35. The first-order valence-corrected chi connectivity index (χ1v) is 4.68. The first-order valence-electron chi connectivity index (χ1n) is 4.68. The lowest BCUT2D eigenvalue weighted by molar-refractivity contribution is 0.166. The zero-order valence-corrected chi connectivity index (χ0v) is 8.03. The summed E-state index contributed by atoms with van der Waals surface area (Å²) in [4.78, 5) is 0. The van der Waals surface area contributed by atoms with Gasteiger partial charge in [-0.2, -0.15) is 0 Å². The largest absolute Gasteiger partial charge is 0.490 e. The molecule has 0 aromatic rings. The van der Waals surface area contributed by atoms with Crippen LogP contribution in [0.3, 0.4) is 0 Å². The Hall–Kier alpha value is -1.24. The van der Waals surface area contributed by atoms with Gasteiger partial charge in [0.1, 0.15) is 6.10 Å². The van der Waals surface area contributed by atoms with Crippen molar-refractivity contribution in [2.45, 2.75) is 20.0 Å². The van der Waals surface area contributed by atoms with Gasteiger partial charge in [0.2, 0.25) is 0 Å². The average Bonchev–Trinajstić information content (AvgIpc) is 2.44. The molecule has 0 spiro atoms. The van der Waals surface area contributed by atoms with E-state index in [9.17, 15) is 0 Å². The van der Waals surface area contributed by atoms with Gasteiger partial charge in [-0.05, 0) is 19.9 Å². The van der Waals surface area contributed by atoms with Crippen LogP contribution in [0.4, 0.5) is 0 Å². The molecule has 1 aliphatic carbocycles. The predicted molar refractivity (Wildman–Crippen MR) is 54.2 cm³/mol. The van der Waals surface area contributed by atoms with Crippen LogP contribution in [-0.4, -0.2) is 6.10 Å². The van der Waals surface area contributed by atoms with Crippen LogP contribution in [0.25, 0.3) is 0 Å². The van der Waals surface area contributed by atoms with Crippen molar-refractivity contribution < 1.29 is 4.74 Å². The third kappa shape index (κ3) is 1.35. The molecule has 1 nitrogen and oxygen atoms in total. The SMILES string of the molecule is C/C=C\C1=C(C)OC2C=CC=CC12. The molecule has 0 saturated heterocycles. The predicted octanol–water partition coefficient (Wildman–Crippen LogP) is 2.98. The molecular weight excluding hydrogens is 160 g/mol. The summed E-state index contributed by atoms with van der Waals surface area (Å²) in [6.07, 6.45) is 12.9. The molecule has 0 fully saturated rings. The van der Waals surface area contributed by atoms with Crippen molar-refractivity contribution in [3.63, 3.8) is 0 Å². The fourth-order valence-electron chi connectivity index (χ4n) is 1.89. The molecule has 0 saturated carbocycles. The molecule has 1 heterocycles. The third-order valence-electron chi connectivity index (χ3n) is 2.51. The summed E-state index contributed by atoms with van der Waals surface area (Å²) < 4.78 is 5.72. The maximum Gasteiger partial charge on any atom is 0.127 e. The Kier molecular flexibility index (Phi) is 2.09. The smallest absolute Gasteiger partial charge is 0.127 e. The highest BCUT2D eigenvalue weighted by atomic mass is 16.5. The van der Waals surface area contributed by atoms with E-state index in [1.807, 2.05) is 19.9 Å². The van der Waals surface area contributed by atoms with Gasteiger partial charge in [0.05, 0.1) is 5.76 Å². The minimum absolute atomic E-state index is 0.233. The maximum atomic E-state index is 5.72. The number of hydrogen-bond donors (Lipinski definition) is 0. The van der Waals surface area contributed by atoms with Crippen LogP contribution in [0.1, 0.15) is 13.8 Å². The Bertz CT molecular complexity index is 318. The van der Waals surface area contributed by atoms with E-state index in [2.05, 4.69) is 30.4 Å². The highest BCUT2D eigenvalue weighted by Gasteiger charge is 2.30. The van der Waals surface area contributed by atoms with Gasteiger partial charge in [-0.15, -0.1) is 0 Å². The second-order valence-corrected chi connectivity index (χ2v) is 3.39. The summed E-state index contributed by atoms with van der Waals surface area (Å²) in [7, 11) is 0. The number of hydrogen-bond acceptors (Lipinski definition) is 1. The Morgan fingerprint density at radius 2 is 2.08 bits per heavy atom. The van der Waals surface area contributed by atoms with E-state index < -0.39 is 0 Å². The summed E-state index contributed by atoms with van der Waals surface area (Å²) in [6.45, 7) is 4.07. The zero-order valence-electron chi connectivity index (χ0n) is 8.03. The molecule has 2 unspecified atom stereocenters. The van der Waals surface area contributed by atoms with Crippen LogP contribution in [0.5, 0.6) is 0 Å². The molecule has 68 valence electrons. The Morgan fingerprint density at radius 1 is 1.31 bits per heavy atom. The molecule has 0 bridgehead atoms. The molecule has 2 atom stereocenters. The molecule has 0 radical (unpaired) electrons. The van der Waals surface area contributed by atoms with Crippen molar-refractivity contribution in [3.8, 4) is 0 Å². The van der Waals surface area contributed by atoms with Crippen LogP contribution in [0.15, 0.2) is 47.8 Å². The molecule has 1 aliphatic heterocycles. The van der Waals surface area contributed by atoms with Crippen molar-refractivity contribution >= 4 is 0 Å². The summed E-state index contributed by atoms with van der Waals surface area (Å²) in [5, 5.41) is 0. The van der Waals surface area contributed by atoms with E-state index in [1.54, 1.807) is 0 Å². The summed E-state index contributed by atoms with van der Waals surface area (Å²) in [5.74, 6) is 1.49. The summed E-state index contributed by atoms with van der Waals surface area (Å²) in [5.41, 5.74) is 1.31. The summed E-state index contributed by atoms with van der Waals surface area (Å²) in [6, 6.07) is 0. The molecule has 13 heavy (non-hydrogen) atoms. The Morgan fingerprint density at radius 3 is 2.85 bits per heavy atom. The average molecular weight is 174 g/mol. The second-order valence-electron chi connectivity index (χ2n) is 3.39. The van der Waals surface area contributed by atoms with Crippen molar-refractivity contribution in [2.24, 2.45) is 5.92 Å². The van der Waals surface area contributed by atoms with E-state index in [1.165, 1.54) is 5.57 Å². The van der Waals surface area contributed by atoms with E-state index in [0.717, 1.165) is 5.76 Å². The van der Waals surface area contributed by atoms with E-state index in [-0.39, 0.29) is 6.10 Å². The second kappa shape index (κ2) is 3.25. The molecule has 0 amide bonds. The minimum Gasteiger partial charge on any atom is -0.490 e. The van der Waals surface area contributed by atoms with E-state index in [0.29, 0.717) is 5.92 Å². The van der Waals surface area contributed by atoms with Crippen LogP contribution < -0.4 is 0 Å². The quantitative estimate of drug-likeness (QED) is 0.593. The minimum atomic E-state index is 0.233. The molecule has 1 heteroatoms. The molecule has 2 rings (SSSR count). The molecule has 0 N–H and O–H groups in total. The number of allylic oxidation sites excluding steroid dienone is 5. The van der Waals surface area contributed by atoms with Crippen LogP contribution >= 0.6 is 0 Å². The number of rotatable bonds is 1. The lowest BCUT2D eigenvalue weighted by Gasteiger charge is -2.15. The standard InChI is InChI=1S/C12H14O/c1-3-6-10-9(2)13-12-8-5-4-7-11(10)12/h3-8,11-12H,1-2H3/b6-3-. The molecule has 0 aromatic heterocycles. The Balaban J connectivity index is 2.30. The lowest BCUT2D eigenvalue weighted by atomic mass is 9.91. The van der Waals surface area contributed by atoms with Crippen LogP contribution in [-0.2, 0) is 4.74 Å². The first kappa shape index (κ1) is 8.36. The Labute approximate surface area is 79.1 Å². The summed E-state index contributed by atoms with van der Waals surface area (Å²) >= 11 is 0. The van der Waals surface area contributed by atoms with Gasteiger partial charge >= 0.3 is 0 Å². The van der Waals surface area contributed by atoms with Gasteiger partial charge in [0.15, 0.2) is 0 Å². The molecule has 0 aromatic carbocycles. The van der Waals surface area contributed by atoms with E-state index >= 15 is 0 Å². The lowest BCUT2D eigenvalue weighted by Crippen LogP contribution is -2.15. The van der Waals surface area contributed by atoms with Gasteiger partial charge in [-0.1, -0.05) is 30.4 Å². The van der Waals surface area contributed by atoms with E-state index in [4.69, 9.17) is 4.74 Å². The fourth-order valence-corrected chi connectivity index (χ4v) is 1.89. The topological polar surface area (TPSA) is 9.23 Å². The molecule has 2 aliphatic rings. The maximum absolute atomic E-state index is 5.72. The monoisotopic (exact) mass is 174 g/mol. The fraction of sp³-hybridized carbons (Fsp3) is 0.333. The van der Waals surface area contributed by atoms with Gasteiger partial charge in [0, 0.05) is 11.5 Å². The normalized spacial score (nSPS) is 31.2.